The fourth-order valence-electron chi connectivity index (χ4n) is 3.52. The number of anilines is 3. The molecule has 0 radical (unpaired) electrons. The number of nitrogens with two attached hydrogens (primary N) is 2. The first-order valence-corrected chi connectivity index (χ1v) is 11.7. The van der Waals surface area contributed by atoms with Gasteiger partial charge in [-0.2, -0.15) is 4.98 Å². The average molecular weight is 449 g/mol. The van der Waals surface area contributed by atoms with Crippen molar-refractivity contribution in [2.45, 2.75) is 61.8 Å². The molecule has 1 heterocycles. The number of primary amides is 1. The molecule has 3 rings (SSSR count). The Labute approximate surface area is 180 Å². The molecule has 1 aliphatic carbocycles. The zero-order valence-corrected chi connectivity index (χ0v) is 18.3. The summed E-state index contributed by atoms with van der Waals surface area (Å²) in [6.07, 6.45) is 3.35. The molecule has 1 aromatic carbocycles. The Hall–Kier alpha value is -2.92. The highest BCUT2D eigenvalue weighted by atomic mass is 32.2. The summed E-state index contributed by atoms with van der Waals surface area (Å²) in [5.74, 6) is -0.921. The first-order chi connectivity index (χ1) is 14.6. The number of sulfone groups is 1. The van der Waals surface area contributed by atoms with Crippen molar-refractivity contribution >= 4 is 33.2 Å². The number of nitrogens with zero attached hydrogens (tertiary/aromatic N) is 1. The fourth-order valence-corrected chi connectivity index (χ4v) is 4.72. The molecule has 31 heavy (non-hydrogen) atoms. The summed E-state index contributed by atoms with van der Waals surface area (Å²) < 4.78 is 25.5. The van der Waals surface area contributed by atoms with Crippen LogP contribution < -0.4 is 27.7 Å². The van der Waals surface area contributed by atoms with E-state index in [1.165, 1.54) is 6.07 Å². The summed E-state index contributed by atoms with van der Waals surface area (Å²) in [6, 6.07) is 6.48. The second-order valence-corrected chi connectivity index (χ2v) is 10.4. The number of hydrogen-bond acceptors (Lipinski definition) is 8. The number of para-hydroxylation sites is 1. The van der Waals surface area contributed by atoms with E-state index in [0.29, 0.717) is 0 Å². The van der Waals surface area contributed by atoms with Crippen LogP contribution in [0.15, 0.2) is 34.0 Å². The number of carbonyl (C=O) groups is 1. The summed E-state index contributed by atoms with van der Waals surface area (Å²) in [7, 11) is -3.63. The number of hydrogen-bond donors (Lipinski definition) is 5. The number of aromatic nitrogens is 2. The molecule has 2 aromatic rings. The zero-order chi connectivity index (χ0) is 22.8. The lowest BCUT2D eigenvalue weighted by Crippen LogP contribution is -2.34. The van der Waals surface area contributed by atoms with E-state index in [4.69, 9.17) is 11.5 Å². The van der Waals surface area contributed by atoms with Crippen LogP contribution in [-0.4, -0.2) is 41.6 Å². The maximum atomic E-state index is 12.7. The molecule has 1 amide bonds. The highest BCUT2D eigenvalue weighted by Gasteiger charge is 2.25. The highest BCUT2D eigenvalue weighted by molar-refractivity contribution is 7.92. The van der Waals surface area contributed by atoms with Gasteiger partial charge in [-0.15, -0.1) is 0 Å². The van der Waals surface area contributed by atoms with Gasteiger partial charge in [0, 0.05) is 12.1 Å². The minimum atomic E-state index is -3.63. The lowest BCUT2D eigenvalue weighted by molar-refractivity contribution is 0.0999. The predicted molar refractivity (Wildman–Crippen MR) is 119 cm³/mol. The number of amides is 1. The SMILES string of the molecule is CC(C)S(=O)(=O)c1ccccc1Nc1nc(N[C@H]2CC[C@@H](N)CC2)[nH]c(=O)c1C(N)=O. The van der Waals surface area contributed by atoms with Crippen molar-refractivity contribution in [3.05, 3.63) is 40.2 Å². The van der Waals surface area contributed by atoms with E-state index in [-0.39, 0.29) is 40.0 Å². The Morgan fingerprint density at radius 1 is 1.19 bits per heavy atom. The Morgan fingerprint density at radius 3 is 2.45 bits per heavy atom. The van der Waals surface area contributed by atoms with E-state index in [1.54, 1.807) is 32.0 Å². The maximum absolute atomic E-state index is 12.7. The van der Waals surface area contributed by atoms with Gasteiger partial charge in [0.25, 0.3) is 11.5 Å². The Morgan fingerprint density at radius 2 is 1.84 bits per heavy atom. The van der Waals surface area contributed by atoms with Crippen LogP contribution in [0.3, 0.4) is 0 Å². The number of rotatable bonds is 7. The van der Waals surface area contributed by atoms with Gasteiger partial charge in [-0.3, -0.25) is 14.6 Å². The highest BCUT2D eigenvalue weighted by Crippen LogP contribution is 2.28. The van der Waals surface area contributed by atoms with Gasteiger partial charge in [0.05, 0.1) is 15.8 Å². The molecule has 1 aromatic heterocycles. The van der Waals surface area contributed by atoms with Crippen LogP contribution in [0.5, 0.6) is 0 Å². The summed E-state index contributed by atoms with van der Waals surface area (Å²) in [5, 5.41) is 5.34. The largest absolute Gasteiger partial charge is 0.365 e. The van der Waals surface area contributed by atoms with Gasteiger partial charge in [-0.1, -0.05) is 12.1 Å². The Balaban J connectivity index is 2.00. The molecule has 0 bridgehead atoms. The van der Waals surface area contributed by atoms with E-state index in [1.807, 2.05) is 0 Å². The van der Waals surface area contributed by atoms with Crippen molar-refractivity contribution < 1.29 is 13.2 Å². The summed E-state index contributed by atoms with van der Waals surface area (Å²) >= 11 is 0. The standard InChI is InChI=1S/C20H28N6O4S/c1-11(2)31(29,30)15-6-4-3-5-14(15)24-18-16(17(22)27)19(28)26-20(25-18)23-13-9-7-12(21)8-10-13/h3-6,11-13H,7-10,21H2,1-2H3,(H2,22,27)(H3,23,24,25,26,28)/t12-,13+. The second-order valence-electron chi connectivity index (χ2n) is 7.97. The smallest absolute Gasteiger partial charge is 0.267 e. The Kier molecular flexibility index (Phi) is 6.65. The number of nitrogens with one attached hydrogen (secondary N) is 3. The molecule has 168 valence electrons. The molecule has 1 aliphatic rings. The monoisotopic (exact) mass is 448 g/mol. The van der Waals surface area contributed by atoms with Crippen molar-refractivity contribution in [3.8, 4) is 0 Å². The lowest BCUT2D eigenvalue weighted by atomic mass is 9.92. The van der Waals surface area contributed by atoms with Gasteiger partial charge < -0.3 is 22.1 Å². The van der Waals surface area contributed by atoms with Gasteiger partial charge in [0.1, 0.15) is 5.56 Å². The van der Waals surface area contributed by atoms with Crippen LogP contribution in [-0.2, 0) is 9.84 Å². The van der Waals surface area contributed by atoms with E-state index in [9.17, 15) is 18.0 Å². The van der Waals surface area contributed by atoms with E-state index < -0.39 is 26.6 Å². The molecule has 11 heteroatoms. The number of benzene rings is 1. The summed E-state index contributed by atoms with van der Waals surface area (Å²) in [5.41, 5.74) is 10.4. The molecule has 0 aliphatic heterocycles. The van der Waals surface area contributed by atoms with Gasteiger partial charge in [0.2, 0.25) is 5.95 Å². The minimum absolute atomic E-state index is 0.0401. The van der Waals surface area contributed by atoms with Crippen molar-refractivity contribution in [2.75, 3.05) is 10.6 Å². The van der Waals surface area contributed by atoms with E-state index in [0.717, 1.165) is 25.7 Å². The first-order valence-electron chi connectivity index (χ1n) is 10.2. The third-order valence-electron chi connectivity index (χ3n) is 5.35. The van der Waals surface area contributed by atoms with Crippen LogP contribution in [0, 0.1) is 0 Å². The minimum Gasteiger partial charge on any atom is -0.365 e. The molecular formula is C20H28N6O4S. The predicted octanol–water partition coefficient (Wildman–Crippen LogP) is 1.48. The van der Waals surface area contributed by atoms with Gasteiger partial charge >= 0.3 is 0 Å². The summed E-state index contributed by atoms with van der Waals surface area (Å²) in [6.45, 7) is 3.15. The quantitative estimate of drug-likeness (QED) is 0.423. The molecule has 1 saturated carbocycles. The van der Waals surface area contributed by atoms with E-state index >= 15 is 0 Å². The van der Waals surface area contributed by atoms with Crippen molar-refractivity contribution in [1.29, 1.82) is 0 Å². The normalized spacial score (nSPS) is 19.2. The average Bonchev–Trinajstić information content (AvgIpc) is 2.69. The third kappa shape index (κ3) is 5.05. The third-order valence-corrected chi connectivity index (χ3v) is 7.56. The number of aromatic amines is 1. The van der Waals surface area contributed by atoms with E-state index in [2.05, 4.69) is 20.6 Å². The van der Waals surface area contributed by atoms with Crippen molar-refractivity contribution in [3.63, 3.8) is 0 Å². The molecule has 0 saturated heterocycles. The van der Waals surface area contributed by atoms with Crippen LogP contribution >= 0.6 is 0 Å². The molecule has 10 nitrogen and oxygen atoms in total. The molecule has 7 N–H and O–H groups in total. The molecule has 1 fully saturated rings. The first kappa shape index (κ1) is 22.8. The maximum Gasteiger partial charge on any atom is 0.267 e. The molecule has 0 unspecified atom stereocenters. The lowest BCUT2D eigenvalue weighted by Gasteiger charge is -2.27. The topological polar surface area (TPSA) is 173 Å². The fraction of sp³-hybridized carbons (Fsp3) is 0.450. The van der Waals surface area contributed by atoms with Gasteiger partial charge in [-0.25, -0.2) is 8.42 Å². The van der Waals surface area contributed by atoms with Crippen LogP contribution in [0.4, 0.5) is 17.5 Å². The number of carbonyl (C=O) groups excluding carboxylic acids is 1. The Bertz CT molecular complexity index is 1120. The van der Waals surface area contributed by atoms with Crippen LogP contribution in [0.2, 0.25) is 0 Å². The molecule has 0 spiro atoms. The molecule has 0 atom stereocenters. The molecular weight excluding hydrogens is 420 g/mol. The second kappa shape index (κ2) is 9.06. The van der Waals surface area contributed by atoms with Crippen molar-refractivity contribution in [2.24, 2.45) is 11.5 Å². The van der Waals surface area contributed by atoms with Crippen LogP contribution in [0.1, 0.15) is 49.9 Å². The summed E-state index contributed by atoms with van der Waals surface area (Å²) in [4.78, 5) is 31.4. The van der Waals surface area contributed by atoms with Gasteiger partial charge in [0.15, 0.2) is 15.7 Å². The van der Waals surface area contributed by atoms with Crippen LogP contribution in [0.25, 0.3) is 0 Å². The van der Waals surface area contributed by atoms with Crippen molar-refractivity contribution in [1.82, 2.24) is 9.97 Å². The zero-order valence-electron chi connectivity index (χ0n) is 17.5. The number of H-pyrrole nitrogens is 1. The van der Waals surface area contributed by atoms with Gasteiger partial charge in [-0.05, 0) is 51.7 Å².